The molecule has 100 valence electrons. The fourth-order valence-electron chi connectivity index (χ4n) is 2.55. The molecule has 2 aromatic heterocycles. The number of carbonyl (C=O) groups excluding carboxylic acids is 1. The Morgan fingerprint density at radius 1 is 1.20 bits per heavy atom. The number of fused-ring (bicyclic) bond motifs is 1. The number of pyridine rings is 1. The van der Waals surface area contributed by atoms with Crippen molar-refractivity contribution in [2.24, 2.45) is 0 Å². The number of nitrogens with zero attached hydrogens (tertiary/aromatic N) is 1. The lowest BCUT2D eigenvalue weighted by Crippen LogP contribution is -2.24. The Hall–Kier alpha value is -2.62. The van der Waals surface area contributed by atoms with Gasteiger partial charge in [-0.1, -0.05) is 18.2 Å². The molecule has 0 fully saturated rings. The molecule has 0 unspecified atom stereocenters. The molecule has 0 aliphatic carbocycles. The Morgan fingerprint density at radius 2 is 1.95 bits per heavy atom. The van der Waals surface area contributed by atoms with Gasteiger partial charge in [0.1, 0.15) is 0 Å². The van der Waals surface area contributed by atoms with E-state index in [0.29, 0.717) is 0 Å². The lowest BCUT2D eigenvalue weighted by Gasteiger charge is -2.17. The molecule has 0 bridgehead atoms. The highest BCUT2D eigenvalue weighted by atomic mass is 16.4. The van der Waals surface area contributed by atoms with Gasteiger partial charge in [0.15, 0.2) is 0 Å². The van der Waals surface area contributed by atoms with Crippen molar-refractivity contribution in [2.45, 2.75) is 12.3 Å². The average Bonchev–Trinajstić information content (AvgIpc) is 2.89. The van der Waals surface area contributed by atoms with Gasteiger partial charge in [0.2, 0.25) is 0 Å². The van der Waals surface area contributed by atoms with Gasteiger partial charge in [-0.2, -0.15) is 0 Å². The number of benzene rings is 1. The molecule has 0 saturated carbocycles. The molecule has 4 heteroatoms. The van der Waals surface area contributed by atoms with Gasteiger partial charge in [-0.25, -0.2) is 0 Å². The topological polar surface area (TPSA) is 68.8 Å². The Labute approximate surface area is 116 Å². The smallest absolute Gasteiger partial charge is 0.0457 e. The molecule has 0 aliphatic heterocycles. The van der Waals surface area contributed by atoms with Crippen LogP contribution in [0, 0.1) is 0 Å². The van der Waals surface area contributed by atoms with Crippen LogP contribution >= 0.6 is 0 Å². The fourth-order valence-corrected chi connectivity index (χ4v) is 2.55. The number of aromatic amines is 1. The summed E-state index contributed by atoms with van der Waals surface area (Å²) in [5, 5.41) is 12.1. The van der Waals surface area contributed by atoms with Gasteiger partial charge in [0.25, 0.3) is 0 Å². The van der Waals surface area contributed by atoms with Gasteiger partial charge < -0.3 is 14.9 Å². The summed E-state index contributed by atoms with van der Waals surface area (Å²) in [5.41, 5.74) is 2.89. The van der Waals surface area contributed by atoms with E-state index in [-0.39, 0.29) is 12.3 Å². The normalized spacial score (nSPS) is 12.4. The van der Waals surface area contributed by atoms with Gasteiger partial charge in [-0.05, 0) is 35.7 Å². The molecule has 3 aromatic rings. The van der Waals surface area contributed by atoms with Crippen molar-refractivity contribution in [3.05, 3.63) is 66.1 Å². The number of rotatable bonds is 4. The van der Waals surface area contributed by atoms with Gasteiger partial charge in [-0.3, -0.25) is 4.98 Å². The van der Waals surface area contributed by atoms with Crippen molar-refractivity contribution < 1.29 is 9.90 Å². The zero-order chi connectivity index (χ0) is 13.9. The lowest BCUT2D eigenvalue weighted by atomic mass is 9.89. The molecule has 3 rings (SSSR count). The number of hydrogen-bond acceptors (Lipinski definition) is 3. The van der Waals surface area contributed by atoms with Crippen LogP contribution in [0.1, 0.15) is 23.5 Å². The van der Waals surface area contributed by atoms with Crippen LogP contribution in [0.25, 0.3) is 10.9 Å². The third-order valence-corrected chi connectivity index (χ3v) is 3.48. The van der Waals surface area contributed by atoms with Crippen LogP contribution in [0.4, 0.5) is 0 Å². The van der Waals surface area contributed by atoms with Crippen LogP contribution in [0.2, 0.25) is 0 Å². The molecular formula is C16H13N2O2-. The number of para-hydroxylation sites is 1. The molecule has 1 N–H and O–H groups in total. The molecule has 20 heavy (non-hydrogen) atoms. The molecule has 0 radical (unpaired) electrons. The molecule has 0 saturated heterocycles. The number of aromatic nitrogens is 2. The van der Waals surface area contributed by atoms with Gasteiger partial charge in [0, 0.05) is 41.4 Å². The first-order valence-electron chi connectivity index (χ1n) is 6.41. The van der Waals surface area contributed by atoms with Crippen LogP contribution in [0.3, 0.4) is 0 Å². The maximum absolute atomic E-state index is 11.1. The number of aliphatic carboxylic acids is 1. The first-order chi connectivity index (χ1) is 9.75. The number of nitrogens with one attached hydrogen (secondary N) is 1. The van der Waals surface area contributed by atoms with Crippen LogP contribution in [0.5, 0.6) is 0 Å². The van der Waals surface area contributed by atoms with Crippen LogP contribution in [0.15, 0.2) is 55.0 Å². The summed E-state index contributed by atoms with van der Waals surface area (Å²) in [6, 6.07) is 11.5. The predicted molar refractivity (Wildman–Crippen MR) is 74.0 cm³/mol. The number of carboxylic acid groups (broad SMARTS) is 1. The summed E-state index contributed by atoms with van der Waals surface area (Å²) in [7, 11) is 0. The molecular weight excluding hydrogens is 252 g/mol. The monoisotopic (exact) mass is 265 g/mol. The average molecular weight is 265 g/mol. The predicted octanol–water partition coefficient (Wildman–Crippen LogP) is 1.83. The summed E-state index contributed by atoms with van der Waals surface area (Å²) in [6.45, 7) is 0. The third kappa shape index (κ3) is 2.28. The van der Waals surface area contributed by atoms with Gasteiger partial charge in [-0.15, -0.1) is 0 Å². The van der Waals surface area contributed by atoms with Crippen LogP contribution in [-0.4, -0.2) is 15.9 Å². The van der Waals surface area contributed by atoms with E-state index in [1.807, 2.05) is 42.6 Å². The minimum Gasteiger partial charge on any atom is -0.550 e. The second-order valence-electron chi connectivity index (χ2n) is 4.70. The second-order valence-corrected chi connectivity index (χ2v) is 4.70. The van der Waals surface area contributed by atoms with Crippen LogP contribution in [-0.2, 0) is 4.79 Å². The summed E-state index contributed by atoms with van der Waals surface area (Å²) in [5.74, 6) is -1.30. The van der Waals surface area contributed by atoms with E-state index in [1.54, 1.807) is 12.4 Å². The summed E-state index contributed by atoms with van der Waals surface area (Å²) in [4.78, 5) is 18.2. The van der Waals surface area contributed by atoms with E-state index < -0.39 is 5.97 Å². The van der Waals surface area contributed by atoms with Crippen LogP contribution < -0.4 is 5.11 Å². The maximum atomic E-state index is 11.1. The Morgan fingerprint density at radius 3 is 2.70 bits per heavy atom. The minimum absolute atomic E-state index is 0.0497. The first-order valence-corrected chi connectivity index (χ1v) is 6.41. The first kappa shape index (κ1) is 12.4. The standard InChI is InChI=1S/C16H14N2O2/c19-16(20)9-13(11-5-7-17-8-6-11)14-10-18-15-4-2-1-3-12(14)15/h1-8,10,13,18H,9H2,(H,19,20)/p-1/t13-/m0/s1. The molecule has 1 aromatic carbocycles. The van der Waals surface area contributed by atoms with Gasteiger partial charge in [0.05, 0.1) is 0 Å². The minimum atomic E-state index is -1.06. The number of hydrogen-bond donors (Lipinski definition) is 1. The highest BCUT2D eigenvalue weighted by molar-refractivity contribution is 5.85. The second kappa shape index (κ2) is 5.17. The van der Waals surface area contributed by atoms with Crippen molar-refractivity contribution in [3.8, 4) is 0 Å². The third-order valence-electron chi connectivity index (χ3n) is 3.48. The van der Waals surface area contributed by atoms with Crippen molar-refractivity contribution in [1.82, 2.24) is 9.97 Å². The number of carboxylic acids is 1. The Balaban J connectivity index is 2.12. The van der Waals surface area contributed by atoms with E-state index in [1.165, 1.54) is 0 Å². The van der Waals surface area contributed by atoms with Gasteiger partial charge >= 0.3 is 0 Å². The highest BCUT2D eigenvalue weighted by Crippen LogP contribution is 2.32. The van der Waals surface area contributed by atoms with Crippen molar-refractivity contribution in [1.29, 1.82) is 0 Å². The Bertz CT molecular complexity index is 734. The largest absolute Gasteiger partial charge is 0.550 e. The number of carbonyl (C=O) groups is 1. The van der Waals surface area contributed by atoms with E-state index in [0.717, 1.165) is 22.0 Å². The van der Waals surface area contributed by atoms with Crippen molar-refractivity contribution in [3.63, 3.8) is 0 Å². The number of H-pyrrole nitrogens is 1. The molecule has 4 nitrogen and oxygen atoms in total. The SMILES string of the molecule is O=C([O-])C[C@@H](c1ccncc1)c1c[nH]c2ccccc12. The maximum Gasteiger partial charge on any atom is 0.0457 e. The van der Waals surface area contributed by atoms with E-state index in [9.17, 15) is 9.90 Å². The fraction of sp³-hybridized carbons (Fsp3) is 0.125. The zero-order valence-electron chi connectivity index (χ0n) is 10.7. The summed E-state index contributed by atoms with van der Waals surface area (Å²) >= 11 is 0. The molecule has 0 spiro atoms. The summed E-state index contributed by atoms with van der Waals surface area (Å²) < 4.78 is 0. The molecule has 1 atom stereocenters. The molecule has 2 heterocycles. The molecule has 0 aliphatic rings. The highest BCUT2D eigenvalue weighted by Gasteiger charge is 2.18. The lowest BCUT2D eigenvalue weighted by molar-refractivity contribution is -0.305. The van der Waals surface area contributed by atoms with E-state index >= 15 is 0 Å². The van der Waals surface area contributed by atoms with Crippen molar-refractivity contribution >= 4 is 16.9 Å². The zero-order valence-corrected chi connectivity index (χ0v) is 10.7. The van der Waals surface area contributed by atoms with E-state index in [2.05, 4.69) is 9.97 Å². The van der Waals surface area contributed by atoms with E-state index in [4.69, 9.17) is 0 Å². The molecule has 0 amide bonds. The quantitative estimate of drug-likeness (QED) is 0.782. The summed E-state index contributed by atoms with van der Waals surface area (Å²) in [6.07, 6.45) is 5.17. The Kier molecular flexibility index (Phi) is 3.21. The van der Waals surface area contributed by atoms with Crippen molar-refractivity contribution in [2.75, 3.05) is 0 Å².